The fourth-order valence-electron chi connectivity index (χ4n) is 2.29. The number of rotatable bonds is 7. The van der Waals surface area contributed by atoms with Crippen molar-refractivity contribution in [2.24, 2.45) is 0 Å². The molecule has 24 heavy (non-hydrogen) atoms. The Bertz CT molecular complexity index is 697. The van der Waals surface area contributed by atoms with E-state index < -0.39 is 6.10 Å². The highest BCUT2D eigenvalue weighted by atomic mass is 16.5. The molecule has 0 unspecified atom stereocenters. The second-order valence-electron chi connectivity index (χ2n) is 5.80. The van der Waals surface area contributed by atoms with Crippen molar-refractivity contribution >= 4 is 5.91 Å². The molecule has 0 spiro atoms. The van der Waals surface area contributed by atoms with Gasteiger partial charge in [-0.3, -0.25) is 4.79 Å². The minimum atomic E-state index is -0.554. The molecule has 4 heteroatoms. The molecule has 0 aliphatic rings. The van der Waals surface area contributed by atoms with Gasteiger partial charge >= 0.3 is 0 Å². The quantitative estimate of drug-likeness (QED) is 0.842. The van der Waals surface area contributed by atoms with E-state index in [1.165, 1.54) is 5.56 Å². The molecule has 4 nitrogen and oxygen atoms in total. The predicted molar refractivity (Wildman–Crippen MR) is 95.5 cm³/mol. The fourth-order valence-corrected chi connectivity index (χ4v) is 2.29. The smallest absolute Gasteiger partial charge is 0.261 e. The van der Waals surface area contributed by atoms with Gasteiger partial charge in [-0.1, -0.05) is 18.2 Å². The molecule has 2 rings (SSSR count). The zero-order chi connectivity index (χ0) is 17.5. The van der Waals surface area contributed by atoms with Crippen molar-refractivity contribution in [3.05, 3.63) is 59.2 Å². The third-order valence-corrected chi connectivity index (χ3v) is 3.84. The molecule has 0 radical (unpaired) electrons. The Morgan fingerprint density at radius 2 is 1.88 bits per heavy atom. The SMILES string of the molecule is CCOc1cccc(CNC(=O)[C@@H](C)Oc2ccc(C)c(C)c2)c1. The molecule has 128 valence electrons. The van der Waals surface area contributed by atoms with E-state index in [0.717, 1.165) is 16.9 Å². The second-order valence-corrected chi connectivity index (χ2v) is 5.80. The van der Waals surface area contributed by atoms with Gasteiger partial charge in [0.2, 0.25) is 0 Å². The van der Waals surface area contributed by atoms with E-state index in [2.05, 4.69) is 5.32 Å². The molecule has 1 amide bonds. The Balaban J connectivity index is 1.89. The number of benzene rings is 2. The van der Waals surface area contributed by atoms with Crippen LogP contribution >= 0.6 is 0 Å². The lowest BCUT2D eigenvalue weighted by Gasteiger charge is -2.16. The first kappa shape index (κ1) is 17.9. The first-order valence-electron chi connectivity index (χ1n) is 8.23. The van der Waals surface area contributed by atoms with Gasteiger partial charge in [0.1, 0.15) is 11.5 Å². The van der Waals surface area contributed by atoms with Gasteiger partial charge in [0, 0.05) is 6.54 Å². The summed E-state index contributed by atoms with van der Waals surface area (Å²) in [5.41, 5.74) is 3.34. The van der Waals surface area contributed by atoms with E-state index in [1.807, 2.05) is 63.2 Å². The highest BCUT2D eigenvalue weighted by Crippen LogP contribution is 2.18. The standard InChI is InChI=1S/C20H25NO3/c1-5-23-18-8-6-7-17(12-18)13-21-20(22)16(4)24-19-10-9-14(2)15(3)11-19/h6-12,16H,5,13H2,1-4H3,(H,21,22)/t16-/m1/s1. The largest absolute Gasteiger partial charge is 0.494 e. The molecule has 2 aromatic carbocycles. The average molecular weight is 327 g/mol. The zero-order valence-corrected chi connectivity index (χ0v) is 14.8. The number of ether oxygens (including phenoxy) is 2. The van der Waals surface area contributed by atoms with Crippen molar-refractivity contribution in [3.8, 4) is 11.5 Å². The maximum absolute atomic E-state index is 12.2. The van der Waals surface area contributed by atoms with E-state index in [4.69, 9.17) is 9.47 Å². The molecule has 0 aromatic heterocycles. The summed E-state index contributed by atoms with van der Waals surface area (Å²) in [6, 6.07) is 13.5. The Morgan fingerprint density at radius 3 is 2.58 bits per heavy atom. The summed E-state index contributed by atoms with van der Waals surface area (Å²) in [5, 5.41) is 2.89. The molecule has 1 atom stereocenters. The van der Waals surface area contributed by atoms with Crippen LogP contribution in [0.15, 0.2) is 42.5 Å². The third-order valence-electron chi connectivity index (χ3n) is 3.84. The number of carbonyl (C=O) groups is 1. The Kier molecular flexibility index (Phi) is 6.24. The van der Waals surface area contributed by atoms with Crippen LogP contribution in [-0.2, 0) is 11.3 Å². The molecular weight excluding hydrogens is 302 g/mol. The van der Waals surface area contributed by atoms with Gasteiger partial charge in [0.25, 0.3) is 5.91 Å². The highest BCUT2D eigenvalue weighted by Gasteiger charge is 2.14. The lowest BCUT2D eigenvalue weighted by Crippen LogP contribution is -2.35. The maximum atomic E-state index is 12.2. The summed E-state index contributed by atoms with van der Waals surface area (Å²) in [4.78, 5) is 12.2. The summed E-state index contributed by atoms with van der Waals surface area (Å²) in [5.74, 6) is 1.37. The van der Waals surface area contributed by atoms with Crippen molar-refractivity contribution in [2.75, 3.05) is 6.61 Å². The Labute approximate surface area is 143 Å². The number of amides is 1. The van der Waals surface area contributed by atoms with Crippen molar-refractivity contribution in [2.45, 2.75) is 40.3 Å². The van der Waals surface area contributed by atoms with Crippen LogP contribution in [0.3, 0.4) is 0 Å². The number of hydrogen-bond acceptors (Lipinski definition) is 3. The molecule has 0 bridgehead atoms. The van der Waals surface area contributed by atoms with Crippen LogP contribution < -0.4 is 14.8 Å². The van der Waals surface area contributed by atoms with Crippen molar-refractivity contribution in [1.82, 2.24) is 5.32 Å². The number of aryl methyl sites for hydroxylation is 2. The Hall–Kier alpha value is -2.49. The predicted octanol–water partition coefficient (Wildman–Crippen LogP) is 3.79. The van der Waals surface area contributed by atoms with E-state index >= 15 is 0 Å². The first-order valence-corrected chi connectivity index (χ1v) is 8.23. The van der Waals surface area contributed by atoms with Crippen molar-refractivity contribution in [3.63, 3.8) is 0 Å². The molecule has 1 N–H and O–H groups in total. The molecule has 0 saturated carbocycles. The van der Waals surface area contributed by atoms with Gasteiger partial charge in [-0.25, -0.2) is 0 Å². The maximum Gasteiger partial charge on any atom is 0.261 e. The minimum absolute atomic E-state index is 0.143. The minimum Gasteiger partial charge on any atom is -0.494 e. The van der Waals surface area contributed by atoms with E-state index in [1.54, 1.807) is 6.92 Å². The first-order chi connectivity index (χ1) is 11.5. The summed E-state index contributed by atoms with van der Waals surface area (Å²) in [6.45, 7) is 8.84. The summed E-state index contributed by atoms with van der Waals surface area (Å²) >= 11 is 0. The topological polar surface area (TPSA) is 47.6 Å². The van der Waals surface area contributed by atoms with Gasteiger partial charge in [0.15, 0.2) is 6.10 Å². The van der Waals surface area contributed by atoms with Crippen LogP contribution in [0.5, 0.6) is 11.5 Å². The van der Waals surface area contributed by atoms with Gasteiger partial charge in [-0.15, -0.1) is 0 Å². The monoisotopic (exact) mass is 327 g/mol. The molecule has 0 aliphatic carbocycles. The number of nitrogens with one attached hydrogen (secondary N) is 1. The fraction of sp³-hybridized carbons (Fsp3) is 0.350. The highest BCUT2D eigenvalue weighted by molar-refractivity contribution is 5.80. The van der Waals surface area contributed by atoms with E-state index in [9.17, 15) is 4.79 Å². The molecule has 0 saturated heterocycles. The van der Waals surface area contributed by atoms with Crippen LogP contribution in [-0.4, -0.2) is 18.6 Å². The lowest BCUT2D eigenvalue weighted by atomic mass is 10.1. The van der Waals surface area contributed by atoms with E-state index in [-0.39, 0.29) is 5.91 Å². The van der Waals surface area contributed by atoms with E-state index in [0.29, 0.717) is 18.9 Å². The van der Waals surface area contributed by atoms with Crippen LogP contribution in [0.4, 0.5) is 0 Å². The summed E-state index contributed by atoms with van der Waals surface area (Å²) < 4.78 is 11.2. The molecule has 0 heterocycles. The summed E-state index contributed by atoms with van der Waals surface area (Å²) in [6.07, 6.45) is -0.554. The molecule has 0 aliphatic heterocycles. The number of carbonyl (C=O) groups excluding carboxylic acids is 1. The van der Waals surface area contributed by atoms with Crippen LogP contribution in [0.25, 0.3) is 0 Å². The zero-order valence-electron chi connectivity index (χ0n) is 14.8. The Morgan fingerprint density at radius 1 is 1.08 bits per heavy atom. The normalized spacial score (nSPS) is 11.7. The lowest BCUT2D eigenvalue weighted by molar-refractivity contribution is -0.127. The molecular formula is C20H25NO3. The van der Waals surface area contributed by atoms with Gasteiger partial charge in [-0.05, 0) is 68.7 Å². The van der Waals surface area contributed by atoms with Crippen molar-refractivity contribution < 1.29 is 14.3 Å². The van der Waals surface area contributed by atoms with Gasteiger partial charge < -0.3 is 14.8 Å². The molecule has 0 fully saturated rings. The van der Waals surface area contributed by atoms with Crippen LogP contribution in [0.2, 0.25) is 0 Å². The second kappa shape index (κ2) is 8.39. The van der Waals surface area contributed by atoms with Crippen molar-refractivity contribution in [1.29, 1.82) is 0 Å². The third kappa shape index (κ3) is 5.01. The molecule has 2 aromatic rings. The number of hydrogen-bond donors (Lipinski definition) is 1. The van der Waals surface area contributed by atoms with Gasteiger partial charge in [0.05, 0.1) is 6.61 Å². The average Bonchev–Trinajstić information content (AvgIpc) is 2.56. The van der Waals surface area contributed by atoms with Crippen LogP contribution in [0, 0.1) is 13.8 Å². The van der Waals surface area contributed by atoms with Gasteiger partial charge in [-0.2, -0.15) is 0 Å². The van der Waals surface area contributed by atoms with Crippen LogP contribution in [0.1, 0.15) is 30.5 Å². The summed E-state index contributed by atoms with van der Waals surface area (Å²) in [7, 11) is 0.